The third-order valence-corrected chi connectivity index (χ3v) is 5.80. The molecule has 4 rings (SSSR count). The lowest BCUT2D eigenvalue weighted by atomic mass is 10.2. The molecule has 1 saturated carbocycles. The Morgan fingerprint density at radius 2 is 1.97 bits per heavy atom. The number of rotatable bonds is 6. The van der Waals surface area contributed by atoms with Crippen molar-refractivity contribution in [3.05, 3.63) is 33.8 Å². The van der Waals surface area contributed by atoms with Gasteiger partial charge in [-0.05, 0) is 38.7 Å². The average Bonchev–Trinajstić information content (AvgIpc) is 3.44. The maximum Gasteiger partial charge on any atom is 0.378 e. The van der Waals surface area contributed by atoms with Crippen LogP contribution in [-0.4, -0.2) is 62.8 Å². The Hall–Kier alpha value is -3.14. The van der Waals surface area contributed by atoms with Crippen LogP contribution < -0.4 is 15.4 Å². The Balaban J connectivity index is 1.72. The highest BCUT2D eigenvalue weighted by Crippen LogP contribution is 2.21. The van der Waals surface area contributed by atoms with Crippen molar-refractivity contribution in [1.82, 2.24) is 19.8 Å². The van der Waals surface area contributed by atoms with E-state index in [0.717, 1.165) is 12.8 Å². The molecule has 2 aromatic heterocycles. The van der Waals surface area contributed by atoms with Crippen molar-refractivity contribution in [1.29, 1.82) is 0 Å². The molecule has 2 fully saturated rings. The molecule has 3 heterocycles. The molecule has 0 unspecified atom stereocenters. The van der Waals surface area contributed by atoms with Crippen molar-refractivity contribution in [3.63, 3.8) is 0 Å². The standard InChI is InChI=1S/C23H31N5O5/c1-13(2)10-27-21-16(5-8-18(29)26-11-14(3)33-15(4)12-26)9-24-28(21)23(32)19(22(27)31)20(30)25-17-6-7-17/h5,8-9,13-15,17H,6-7,10-12H2,1-4H3,(H2,25,30,31,32)/p+1/b8-5+/t14-,15-/m1/s1. The first-order chi connectivity index (χ1) is 15.7. The number of fused-ring (bicyclic) bond motifs is 1. The Morgan fingerprint density at radius 1 is 1.30 bits per heavy atom. The van der Waals surface area contributed by atoms with E-state index in [4.69, 9.17) is 4.74 Å². The quantitative estimate of drug-likeness (QED) is 0.437. The minimum absolute atomic E-state index is 0.0388. The summed E-state index contributed by atoms with van der Waals surface area (Å²) >= 11 is 0. The molecule has 1 saturated heterocycles. The van der Waals surface area contributed by atoms with Gasteiger partial charge in [0, 0.05) is 25.2 Å². The number of aromatic amines is 1. The summed E-state index contributed by atoms with van der Waals surface area (Å²) in [5, 5.41) is 16.6. The first-order valence-corrected chi connectivity index (χ1v) is 11.5. The van der Waals surface area contributed by atoms with E-state index in [1.54, 1.807) is 21.7 Å². The monoisotopic (exact) mass is 458 g/mol. The highest BCUT2D eigenvalue weighted by Gasteiger charge is 2.34. The molecule has 10 heteroatoms. The van der Waals surface area contributed by atoms with E-state index in [2.05, 4.69) is 10.4 Å². The zero-order chi connectivity index (χ0) is 23.9. The lowest BCUT2D eigenvalue weighted by molar-refractivity contribution is -0.686. The van der Waals surface area contributed by atoms with E-state index < -0.39 is 11.5 Å². The fourth-order valence-electron chi connectivity index (χ4n) is 4.23. The lowest BCUT2D eigenvalue weighted by Gasteiger charge is -2.34. The molecule has 1 aliphatic carbocycles. The first kappa shape index (κ1) is 23.0. The Bertz CT molecular complexity index is 1150. The summed E-state index contributed by atoms with van der Waals surface area (Å²) in [5.41, 5.74) is 0.0223. The van der Waals surface area contributed by atoms with Crippen LogP contribution in [0.4, 0.5) is 0 Å². The molecule has 10 nitrogen and oxygen atoms in total. The molecular weight excluding hydrogens is 426 g/mol. The molecule has 2 amide bonds. The molecule has 2 aromatic rings. The van der Waals surface area contributed by atoms with Gasteiger partial charge in [-0.15, -0.1) is 0 Å². The number of H-pyrrole nitrogens is 1. The van der Waals surface area contributed by atoms with E-state index in [1.807, 2.05) is 27.7 Å². The van der Waals surface area contributed by atoms with E-state index in [0.29, 0.717) is 30.8 Å². The predicted octanol–water partition coefficient (Wildman–Crippen LogP) is 0.818. The van der Waals surface area contributed by atoms with E-state index >= 15 is 0 Å². The van der Waals surface area contributed by atoms with Crippen molar-refractivity contribution in [3.8, 4) is 5.88 Å². The SMILES string of the molecule is CC(C)C[n+]1c(O)c(C(=O)NC2CC2)c(=O)n2[nH]cc(/C=C/C(=O)N3C[C@@H](C)O[C@H](C)C3)c21. The summed E-state index contributed by atoms with van der Waals surface area (Å²) < 4.78 is 8.48. The first-order valence-electron chi connectivity index (χ1n) is 11.5. The summed E-state index contributed by atoms with van der Waals surface area (Å²) in [6.45, 7) is 9.21. The Kier molecular flexibility index (Phi) is 6.29. The third kappa shape index (κ3) is 4.80. The number of carbonyl (C=O) groups is 2. The van der Waals surface area contributed by atoms with Gasteiger partial charge in [-0.1, -0.05) is 18.4 Å². The smallest absolute Gasteiger partial charge is 0.378 e. The molecule has 2 aliphatic rings. The maximum atomic E-state index is 13.1. The van der Waals surface area contributed by atoms with Crippen LogP contribution in [0.5, 0.6) is 5.88 Å². The molecule has 2 atom stereocenters. The molecule has 178 valence electrons. The van der Waals surface area contributed by atoms with Crippen LogP contribution in [0.1, 0.15) is 56.5 Å². The van der Waals surface area contributed by atoms with Gasteiger partial charge in [-0.3, -0.25) is 9.59 Å². The van der Waals surface area contributed by atoms with Gasteiger partial charge >= 0.3 is 17.1 Å². The van der Waals surface area contributed by atoms with Crippen LogP contribution in [0.3, 0.4) is 0 Å². The molecule has 0 bridgehead atoms. The summed E-state index contributed by atoms with van der Waals surface area (Å²) in [4.78, 5) is 40.3. The van der Waals surface area contributed by atoms with Crippen LogP contribution >= 0.6 is 0 Å². The number of aromatic nitrogens is 3. The number of hydrogen-bond acceptors (Lipinski definition) is 5. The second-order valence-electron chi connectivity index (χ2n) is 9.48. The molecule has 33 heavy (non-hydrogen) atoms. The number of ether oxygens (including phenoxy) is 1. The number of amides is 2. The zero-order valence-corrected chi connectivity index (χ0v) is 19.5. The zero-order valence-electron chi connectivity index (χ0n) is 19.5. The van der Waals surface area contributed by atoms with Crippen LogP contribution in [0.2, 0.25) is 0 Å². The van der Waals surface area contributed by atoms with Gasteiger partial charge in [-0.25, -0.2) is 9.89 Å². The average molecular weight is 459 g/mol. The molecular formula is C23H32N5O5+. The fraction of sp³-hybridized carbons (Fsp3) is 0.565. The van der Waals surface area contributed by atoms with E-state index in [-0.39, 0.29) is 41.5 Å². The fourth-order valence-corrected chi connectivity index (χ4v) is 4.23. The van der Waals surface area contributed by atoms with E-state index in [1.165, 1.54) is 10.6 Å². The number of morpholine rings is 1. The highest BCUT2D eigenvalue weighted by atomic mass is 16.5. The highest BCUT2D eigenvalue weighted by molar-refractivity contribution is 5.96. The van der Waals surface area contributed by atoms with Crippen molar-refractivity contribution < 1.29 is 24.0 Å². The number of hydrogen-bond donors (Lipinski definition) is 3. The van der Waals surface area contributed by atoms with Gasteiger partial charge < -0.3 is 20.1 Å². The number of nitrogens with one attached hydrogen (secondary N) is 2. The van der Waals surface area contributed by atoms with E-state index in [9.17, 15) is 19.5 Å². The van der Waals surface area contributed by atoms with Gasteiger partial charge in [0.2, 0.25) is 11.5 Å². The summed E-state index contributed by atoms with van der Waals surface area (Å²) in [7, 11) is 0. The predicted molar refractivity (Wildman–Crippen MR) is 121 cm³/mol. The van der Waals surface area contributed by atoms with Gasteiger partial charge in [-0.2, -0.15) is 4.57 Å². The van der Waals surface area contributed by atoms with Crippen LogP contribution in [-0.2, 0) is 16.1 Å². The van der Waals surface area contributed by atoms with Crippen LogP contribution in [0, 0.1) is 5.92 Å². The number of carbonyl (C=O) groups excluding carboxylic acids is 2. The number of nitrogens with zero attached hydrogens (tertiary/aromatic N) is 3. The minimum Gasteiger partial charge on any atom is -0.477 e. The Morgan fingerprint density at radius 3 is 2.58 bits per heavy atom. The van der Waals surface area contributed by atoms with Crippen LogP contribution in [0.15, 0.2) is 17.1 Å². The van der Waals surface area contributed by atoms with Crippen molar-refractivity contribution in [2.45, 2.75) is 65.3 Å². The second kappa shape index (κ2) is 9.01. The normalized spacial score (nSPS) is 21.3. The van der Waals surface area contributed by atoms with Crippen molar-refractivity contribution >= 4 is 23.5 Å². The van der Waals surface area contributed by atoms with Crippen molar-refractivity contribution in [2.24, 2.45) is 5.92 Å². The maximum absolute atomic E-state index is 13.1. The number of aromatic hydroxyl groups is 1. The van der Waals surface area contributed by atoms with Gasteiger partial charge in [0.25, 0.3) is 5.91 Å². The van der Waals surface area contributed by atoms with Gasteiger partial charge in [0.15, 0.2) is 0 Å². The van der Waals surface area contributed by atoms with Crippen molar-refractivity contribution in [2.75, 3.05) is 13.1 Å². The lowest BCUT2D eigenvalue weighted by Crippen LogP contribution is -2.47. The third-order valence-electron chi connectivity index (χ3n) is 5.80. The van der Waals surface area contributed by atoms with Crippen LogP contribution in [0.25, 0.3) is 11.7 Å². The molecule has 1 aliphatic heterocycles. The van der Waals surface area contributed by atoms with Gasteiger partial charge in [0.05, 0.1) is 30.5 Å². The Labute approximate surface area is 191 Å². The second-order valence-corrected chi connectivity index (χ2v) is 9.48. The molecule has 0 spiro atoms. The minimum atomic E-state index is -0.637. The molecule has 0 aromatic carbocycles. The summed E-state index contributed by atoms with van der Waals surface area (Å²) in [6.07, 6.45) is 6.33. The topological polar surface area (TPSA) is 120 Å². The van der Waals surface area contributed by atoms with Gasteiger partial charge in [0.1, 0.15) is 0 Å². The molecule has 0 radical (unpaired) electrons. The summed E-state index contributed by atoms with van der Waals surface area (Å²) in [5.74, 6) is -0.974. The largest absolute Gasteiger partial charge is 0.477 e. The summed E-state index contributed by atoms with van der Waals surface area (Å²) in [6, 6.07) is 0.0503. The molecule has 3 N–H and O–H groups in total.